The van der Waals surface area contributed by atoms with E-state index in [1.165, 1.54) is 0 Å². The molecule has 5 nitrogen and oxygen atoms in total. The fourth-order valence-corrected chi connectivity index (χ4v) is 6.41. The Morgan fingerprint density at radius 3 is 2.45 bits per heavy atom. The molecule has 2 bridgehead atoms. The highest BCUT2D eigenvalue weighted by molar-refractivity contribution is 8.13. The number of carbonyl (C=O) groups excluding carboxylic acids is 1. The number of hydrogen-bond acceptors (Lipinski definition) is 6. The molecular formula is C23H19N3O2S. The van der Waals surface area contributed by atoms with Crippen molar-refractivity contribution in [3.05, 3.63) is 59.9 Å². The molecule has 4 aromatic rings. The highest BCUT2D eigenvalue weighted by Crippen LogP contribution is 2.68. The van der Waals surface area contributed by atoms with E-state index in [0.717, 1.165) is 52.5 Å². The quantitative estimate of drug-likeness (QED) is 0.428. The van der Waals surface area contributed by atoms with Gasteiger partial charge in [-0.3, -0.25) is 4.79 Å². The van der Waals surface area contributed by atoms with Gasteiger partial charge in [0.05, 0.1) is 27.8 Å². The summed E-state index contributed by atoms with van der Waals surface area (Å²) in [6.45, 7) is 4.37. The van der Waals surface area contributed by atoms with Crippen molar-refractivity contribution in [2.24, 2.45) is 5.41 Å². The average molecular weight is 401 g/mol. The lowest BCUT2D eigenvalue weighted by molar-refractivity contribution is -0.118. The van der Waals surface area contributed by atoms with Gasteiger partial charge >= 0.3 is 0 Å². The molecule has 2 aromatic heterocycles. The van der Waals surface area contributed by atoms with Crippen LogP contribution in [0.1, 0.15) is 44.0 Å². The molecular weight excluding hydrogens is 382 g/mol. The number of oxazole rings is 1. The number of rotatable bonds is 2. The first kappa shape index (κ1) is 17.2. The van der Waals surface area contributed by atoms with Crippen LogP contribution >= 0.6 is 11.8 Å². The molecule has 2 aliphatic rings. The number of aromatic nitrogens is 3. The fourth-order valence-electron chi connectivity index (χ4n) is 5.34. The van der Waals surface area contributed by atoms with E-state index in [1.54, 1.807) is 0 Å². The van der Waals surface area contributed by atoms with Crippen molar-refractivity contribution in [3.63, 3.8) is 0 Å². The number of fused-ring (bicyclic) bond motifs is 7. The van der Waals surface area contributed by atoms with Crippen molar-refractivity contribution in [2.45, 2.75) is 43.2 Å². The van der Waals surface area contributed by atoms with E-state index >= 15 is 0 Å². The largest absolute Gasteiger partial charge is 0.431 e. The zero-order valence-electron chi connectivity index (χ0n) is 16.2. The van der Waals surface area contributed by atoms with E-state index < -0.39 is 5.41 Å². The molecule has 6 heteroatoms. The summed E-state index contributed by atoms with van der Waals surface area (Å²) in [7, 11) is 0. The normalized spacial score (nSPS) is 24.3. The summed E-state index contributed by atoms with van der Waals surface area (Å²) >= 11 is 1.10. The van der Waals surface area contributed by atoms with Gasteiger partial charge in [-0.1, -0.05) is 38.1 Å². The Bertz CT molecular complexity index is 1280. The maximum absolute atomic E-state index is 13.8. The van der Waals surface area contributed by atoms with Gasteiger partial charge in [0, 0.05) is 17.7 Å². The molecule has 2 atom stereocenters. The topological polar surface area (TPSA) is 68.9 Å². The lowest BCUT2D eigenvalue weighted by Gasteiger charge is -2.35. The van der Waals surface area contributed by atoms with Crippen molar-refractivity contribution in [1.82, 2.24) is 15.0 Å². The van der Waals surface area contributed by atoms with E-state index in [9.17, 15) is 4.79 Å². The van der Waals surface area contributed by atoms with Gasteiger partial charge in [-0.2, -0.15) is 0 Å². The Kier molecular flexibility index (Phi) is 3.35. The van der Waals surface area contributed by atoms with Crippen LogP contribution in [0.3, 0.4) is 0 Å². The molecule has 0 saturated heterocycles. The van der Waals surface area contributed by atoms with Crippen LogP contribution in [-0.2, 0) is 10.2 Å². The Balaban J connectivity index is 1.49. The van der Waals surface area contributed by atoms with Crippen molar-refractivity contribution < 1.29 is 9.21 Å². The molecule has 1 fully saturated rings. The Labute approximate surface area is 171 Å². The van der Waals surface area contributed by atoms with E-state index in [1.807, 2.05) is 48.5 Å². The van der Waals surface area contributed by atoms with Crippen LogP contribution in [-0.4, -0.2) is 20.1 Å². The van der Waals surface area contributed by atoms with Crippen molar-refractivity contribution in [2.75, 3.05) is 0 Å². The van der Waals surface area contributed by atoms with Crippen LogP contribution < -0.4 is 0 Å². The maximum Gasteiger partial charge on any atom is 0.264 e. The minimum atomic E-state index is -0.671. The first-order valence-electron chi connectivity index (χ1n) is 9.86. The third kappa shape index (κ3) is 2.12. The number of hydrogen-bond donors (Lipinski definition) is 0. The van der Waals surface area contributed by atoms with Crippen molar-refractivity contribution in [3.8, 4) is 0 Å². The summed E-state index contributed by atoms with van der Waals surface area (Å²) in [5.74, 6) is 0.239. The lowest BCUT2D eigenvalue weighted by atomic mass is 9.69. The molecule has 29 heavy (non-hydrogen) atoms. The van der Waals surface area contributed by atoms with Gasteiger partial charge in [0.1, 0.15) is 5.52 Å². The smallest absolute Gasteiger partial charge is 0.264 e. The van der Waals surface area contributed by atoms with Crippen LogP contribution in [0.25, 0.3) is 22.1 Å². The zero-order chi connectivity index (χ0) is 19.8. The van der Waals surface area contributed by atoms with Crippen LogP contribution in [0.4, 0.5) is 0 Å². The Morgan fingerprint density at radius 2 is 1.69 bits per heavy atom. The Hall–Kier alpha value is -2.73. The predicted octanol–water partition coefficient (Wildman–Crippen LogP) is 5.24. The summed E-state index contributed by atoms with van der Waals surface area (Å²) in [6, 6.07) is 15.5. The molecule has 0 amide bonds. The first-order chi connectivity index (χ1) is 14.0. The predicted molar refractivity (Wildman–Crippen MR) is 112 cm³/mol. The standard InChI is InChI=1S/C23H19N3O2S/c1-22(2)13-11-12-23(22,19-18(13)24-14-7-3-4-8-15(14)25-19)20(27)29-21-26-16-9-5-6-10-17(16)28-21/h3-10,13H,11-12H2,1-2H3. The third-order valence-corrected chi connectivity index (χ3v) is 7.80. The van der Waals surface area contributed by atoms with Gasteiger partial charge in [-0.05, 0) is 42.5 Å². The van der Waals surface area contributed by atoms with E-state index in [2.05, 4.69) is 18.8 Å². The molecule has 2 unspecified atom stereocenters. The molecule has 0 N–H and O–H groups in total. The van der Waals surface area contributed by atoms with Crippen LogP contribution in [0, 0.1) is 5.41 Å². The van der Waals surface area contributed by atoms with Crippen LogP contribution in [0.15, 0.2) is 58.2 Å². The fraction of sp³-hybridized carbons (Fsp3) is 0.304. The molecule has 1 saturated carbocycles. The average Bonchev–Trinajstić information content (AvgIpc) is 3.30. The molecule has 2 aliphatic carbocycles. The Morgan fingerprint density at radius 1 is 1.00 bits per heavy atom. The van der Waals surface area contributed by atoms with Gasteiger partial charge in [0.25, 0.3) is 5.22 Å². The van der Waals surface area contributed by atoms with E-state index in [0.29, 0.717) is 10.8 Å². The SMILES string of the molecule is CC1(C)C2CCC1(C(=O)Sc1nc3ccccc3o1)c1nc3ccccc3nc12. The van der Waals surface area contributed by atoms with Crippen molar-refractivity contribution >= 4 is 39.0 Å². The van der Waals surface area contributed by atoms with Gasteiger partial charge in [-0.15, -0.1) is 0 Å². The second-order valence-corrected chi connectivity index (χ2v) is 9.43. The summed E-state index contributed by atoms with van der Waals surface area (Å²) in [5.41, 5.74) is 4.12. The zero-order valence-corrected chi connectivity index (χ0v) is 17.0. The highest BCUT2D eigenvalue weighted by Gasteiger charge is 2.67. The second-order valence-electron chi connectivity index (χ2n) is 8.50. The minimum absolute atomic E-state index is 0.0555. The molecule has 144 valence electrons. The molecule has 0 radical (unpaired) electrons. The number of benzene rings is 2. The lowest BCUT2D eigenvalue weighted by Crippen LogP contribution is -2.42. The summed E-state index contributed by atoms with van der Waals surface area (Å²) in [5, 5.41) is 0.451. The van der Waals surface area contributed by atoms with Gasteiger partial charge in [0.15, 0.2) is 5.58 Å². The number of nitrogens with zero attached hydrogens (tertiary/aromatic N) is 3. The molecule has 2 aromatic carbocycles. The van der Waals surface area contributed by atoms with E-state index in [4.69, 9.17) is 14.4 Å². The minimum Gasteiger partial charge on any atom is -0.431 e. The second kappa shape index (κ2) is 5.66. The van der Waals surface area contributed by atoms with Crippen molar-refractivity contribution in [1.29, 1.82) is 0 Å². The summed E-state index contributed by atoms with van der Waals surface area (Å²) in [6.07, 6.45) is 1.74. The molecule has 0 aliphatic heterocycles. The van der Waals surface area contributed by atoms with Gasteiger partial charge < -0.3 is 4.42 Å². The molecule has 6 rings (SSSR count). The first-order valence-corrected chi connectivity index (χ1v) is 10.7. The summed E-state index contributed by atoms with van der Waals surface area (Å²) < 4.78 is 5.82. The molecule has 0 spiro atoms. The van der Waals surface area contributed by atoms with Crippen LogP contribution in [0.5, 0.6) is 0 Å². The number of para-hydroxylation sites is 4. The monoisotopic (exact) mass is 401 g/mol. The summed E-state index contributed by atoms with van der Waals surface area (Å²) in [4.78, 5) is 28.2. The molecule has 2 heterocycles. The highest BCUT2D eigenvalue weighted by atomic mass is 32.2. The van der Waals surface area contributed by atoms with E-state index in [-0.39, 0.29) is 16.4 Å². The van der Waals surface area contributed by atoms with Crippen LogP contribution in [0.2, 0.25) is 0 Å². The maximum atomic E-state index is 13.8. The van der Waals surface area contributed by atoms with Gasteiger partial charge in [-0.25, -0.2) is 15.0 Å². The number of carbonyl (C=O) groups is 1. The third-order valence-electron chi connectivity index (χ3n) is 6.91. The number of thioether (sulfide) groups is 1. The van der Waals surface area contributed by atoms with Gasteiger partial charge in [0.2, 0.25) is 5.12 Å².